The lowest BCUT2D eigenvalue weighted by Crippen LogP contribution is -2.22. The highest BCUT2D eigenvalue weighted by atomic mass is 35.5. The number of nitrogens with one attached hydrogen (secondary N) is 3. The van der Waals surface area contributed by atoms with Crippen LogP contribution in [-0.2, 0) is 4.79 Å². The highest BCUT2D eigenvalue weighted by Crippen LogP contribution is 2.25. The molecule has 5 nitrogen and oxygen atoms in total. The zero-order valence-electron chi connectivity index (χ0n) is 12.3. The van der Waals surface area contributed by atoms with Crippen LogP contribution in [0.5, 0.6) is 0 Å². The average Bonchev–Trinajstić information content (AvgIpc) is 2.56. The van der Waals surface area contributed by atoms with Crippen LogP contribution in [-0.4, -0.2) is 25.4 Å². The quantitative estimate of drug-likeness (QED) is 0.772. The van der Waals surface area contributed by atoms with Crippen molar-refractivity contribution in [3.8, 4) is 0 Å². The van der Waals surface area contributed by atoms with Crippen molar-refractivity contribution in [2.75, 3.05) is 24.2 Å². The standard InChI is InChI=1S/C16H15Cl2N3O2/c1-19-16(23)10-3-2-4-12(7-10)20-9-15(22)21-14-8-11(17)5-6-13(14)18/h2-8,20H,9H2,1H3,(H,19,23)(H,21,22). The van der Waals surface area contributed by atoms with Crippen LogP contribution >= 0.6 is 23.2 Å². The number of rotatable bonds is 5. The number of amides is 2. The summed E-state index contributed by atoms with van der Waals surface area (Å²) in [6.07, 6.45) is 0. The van der Waals surface area contributed by atoms with Gasteiger partial charge in [0, 0.05) is 23.3 Å². The molecule has 0 fully saturated rings. The summed E-state index contributed by atoms with van der Waals surface area (Å²) >= 11 is 11.9. The highest BCUT2D eigenvalue weighted by Gasteiger charge is 2.08. The van der Waals surface area contributed by atoms with Crippen LogP contribution in [0.2, 0.25) is 10.0 Å². The van der Waals surface area contributed by atoms with Gasteiger partial charge in [0.1, 0.15) is 0 Å². The maximum atomic E-state index is 12.0. The average molecular weight is 352 g/mol. The van der Waals surface area contributed by atoms with Crippen LogP contribution in [0.1, 0.15) is 10.4 Å². The molecule has 0 saturated heterocycles. The van der Waals surface area contributed by atoms with Gasteiger partial charge in [-0.25, -0.2) is 0 Å². The first kappa shape index (κ1) is 17.1. The third kappa shape index (κ3) is 4.87. The number of hydrogen-bond acceptors (Lipinski definition) is 3. The molecule has 0 heterocycles. The Bertz CT molecular complexity index is 735. The summed E-state index contributed by atoms with van der Waals surface area (Å²) in [6, 6.07) is 11.7. The van der Waals surface area contributed by atoms with Gasteiger partial charge in [-0.15, -0.1) is 0 Å². The van der Waals surface area contributed by atoms with E-state index >= 15 is 0 Å². The fourth-order valence-corrected chi connectivity index (χ4v) is 2.22. The van der Waals surface area contributed by atoms with Gasteiger partial charge in [-0.3, -0.25) is 9.59 Å². The van der Waals surface area contributed by atoms with Crippen molar-refractivity contribution in [2.45, 2.75) is 0 Å². The van der Waals surface area contributed by atoms with Crippen molar-refractivity contribution < 1.29 is 9.59 Å². The normalized spacial score (nSPS) is 10.0. The predicted octanol–water partition coefficient (Wildman–Crippen LogP) is 3.40. The first-order chi connectivity index (χ1) is 11.0. The molecule has 0 atom stereocenters. The Labute approximate surface area is 144 Å². The number of halogens is 2. The van der Waals surface area contributed by atoms with Crippen molar-refractivity contribution in [1.82, 2.24) is 5.32 Å². The number of carbonyl (C=O) groups is 2. The van der Waals surface area contributed by atoms with Crippen molar-refractivity contribution in [3.05, 3.63) is 58.1 Å². The molecule has 3 N–H and O–H groups in total. The molecule has 0 radical (unpaired) electrons. The summed E-state index contributed by atoms with van der Waals surface area (Å²) in [6.45, 7) is 0.0278. The maximum Gasteiger partial charge on any atom is 0.251 e. The molecule has 2 aromatic carbocycles. The van der Waals surface area contributed by atoms with Crippen molar-refractivity contribution in [1.29, 1.82) is 0 Å². The number of carbonyl (C=O) groups excluding carboxylic acids is 2. The molecular weight excluding hydrogens is 337 g/mol. The molecule has 23 heavy (non-hydrogen) atoms. The zero-order valence-corrected chi connectivity index (χ0v) is 13.8. The van der Waals surface area contributed by atoms with Gasteiger partial charge >= 0.3 is 0 Å². The van der Waals surface area contributed by atoms with Gasteiger partial charge in [0.2, 0.25) is 5.91 Å². The van der Waals surface area contributed by atoms with Crippen LogP contribution in [0, 0.1) is 0 Å². The Kier molecular flexibility index (Phi) is 5.84. The summed E-state index contributed by atoms with van der Waals surface area (Å²) in [5.41, 5.74) is 1.62. The number of benzene rings is 2. The lowest BCUT2D eigenvalue weighted by molar-refractivity contribution is -0.114. The minimum Gasteiger partial charge on any atom is -0.376 e. The Balaban J connectivity index is 1.97. The molecule has 0 aliphatic carbocycles. The fraction of sp³-hybridized carbons (Fsp3) is 0.125. The molecule has 7 heteroatoms. The monoisotopic (exact) mass is 351 g/mol. The van der Waals surface area contributed by atoms with Gasteiger partial charge in [0.15, 0.2) is 0 Å². The topological polar surface area (TPSA) is 70.2 Å². The molecule has 2 rings (SSSR count). The fourth-order valence-electron chi connectivity index (χ4n) is 1.88. The third-order valence-electron chi connectivity index (χ3n) is 3.01. The van der Waals surface area contributed by atoms with E-state index in [1.54, 1.807) is 49.5 Å². The Morgan fingerprint density at radius 1 is 1.09 bits per heavy atom. The molecule has 0 unspecified atom stereocenters. The molecule has 0 saturated carbocycles. The third-order valence-corrected chi connectivity index (χ3v) is 3.57. The summed E-state index contributed by atoms with van der Waals surface area (Å²) in [4.78, 5) is 23.5. The SMILES string of the molecule is CNC(=O)c1cccc(NCC(=O)Nc2cc(Cl)ccc2Cl)c1. The molecular formula is C16H15Cl2N3O2. The van der Waals surface area contributed by atoms with Crippen molar-refractivity contribution in [3.63, 3.8) is 0 Å². The van der Waals surface area contributed by atoms with E-state index in [9.17, 15) is 9.59 Å². The van der Waals surface area contributed by atoms with Gasteiger partial charge < -0.3 is 16.0 Å². The van der Waals surface area contributed by atoms with E-state index in [0.717, 1.165) is 0 Å². The minimum absolute atomic E-state index is 0.0278. The molecule has 0 aliphatic rings. The molecule has 120 valence electrons. The van der Waals surface area contributed by atoms with Gasteiger partial charge in [-0.05, 0) is 36.4 Å². The zero-order chi connectivity index (χ0) is 16.8. The first-order valence-corrected chi connectivity index (χ1v) is 7.56. The van der Waals surface area contributed by atoms with E-state index in [4.69, 9.17) is 23.2 Å². The number of anilines is 2. The maximum absolute atomic E-state index is 12.0. The second-order valence-electron chi connectivity index (χ2n) is 4.69. The molecule has 0 aliphatic heterocycles. The highest BCUT2D eigenvalue weighted by molar-refractivity contribution is 6.35. The first-order valence-electron chi connectivity index (χ1n) is 6.80. The Morgan fingerprint density at radius 3 is 2.61 bits per heavy atom. The van der Waals surface area contributed by atoms with E-state index in [1.165, 1.54) is 0 Å². The van der Waals surface area contributed by atoms with E-state index in [1.807, 2.05) is 0 Å². The lowest BCUT2D eigenvalue weighted by Gasteiger charge is -2.10. The molecule has 2 aromatic rings. The number of hydrogen-bond donors (Lipinski definition) is 3. The van der Waals surface area contributed by atoms with E-state index in [-0.39, 0.29) is 18.4 Å². The van der Waals surface area contributed by atoms with Crippen LogP contribution in [0.3, 0.4) is 0 Å². The lowest BCUT2D eigenvalue weighted by atomic mass is 10.2. The van der Waals surface area contributed by atoms with Gasteiger partial charge in [0.25, 0.3) is 5.91 Å². The van der Waals surface area contributed by atoms with Crippen LogP contribution < -0.4 is 16.0 Å². The van der Waals surface area contributed by atoms with E-state index < -0.39 is 0 Å². The van der Waals surface area contributed by atoms with Crippen LogP contribution in [0.4, 0.5) is 11.4 Å². The van der Waals surface area contributed by atoms with Crippen LogP contribution in [0.25, 0.3) is 0 Å². The second kappa shape index (κ2) is 7.85. The van der Waals surface area contributed by atoms with E-state index in [0.29, 0.717) is 27.0 Å². The Morgan fingerprint density at radius 2 is 1.87 bits per heavy atom. The summed E-state index contributed by atoms with van der Waals surface area (Å²) in [5.74, 6) is -0.469. The van der Waals surface area contributed by atoms with Crippen molar-refractivity contribution in [2.24, 2.45) is 0 Å². The summed E-state index contributed by atoms with van der Waals surface area (Å²) in [7, 11) is 1.56. The molecule has 2 amide bonds. The summed E-state index contributed by atoms with van der Waals surface area (Å²) < 4.78 is 0. The molecule has 0 spiro atoms. The van der Waals surface area contributed by atoms with Gasteiger partial charge in [-0.1, -0.05) is 29.3 Å². The summed E-state index contributed by atoms with van der Waals surface area (Å²) in [5, 5.41) is 9.06. The largest absolute Gasteiger partial charge is 0.376 e. The molecule has 0 bridgehead atoms. The Hall–Kier alpha value is -2.24. The minimum atomic E-state index is -0.278. The van der Waals surface area contributed by atoms with Gasteiger partial charge in [0.05, 0.1) is 17.3 Å². The van der Waals surface area contributed by atoms with Gasteiger partial charge in [-0.2, -0.15) is 0 Å². The van der Waals surface area contributed by atoms with Crippen molar-refractivity contribution >= 4 is 46.4 Å². The van der Waals surface area contributed by atoms with E-state index in [2.05, 4.69) is 16.0 Å². The second-order valence-corrected chi connectivity index (χ2v) is 5.53. The molecule has 0 aromatic heterocycles. The predicted molar refractivity (Wildman–Crippen MR) is 93.4 cm³/mol. The van der Waals surface area contributed by atoms with Crippen LogP contribution in [0.15, 0.2) is 42.5 Å². The smallest absolute Gasteiger partial charge is 0.251 e.